The van der Waals surface area contributed by atoms with Gasteiger partial charge in [-0.05, 0) is 31.4 Å². The van der Waals surface area contributed by atoms with Gasteiger partial charge in [0.25, 0.3) is 0 Å². The fraction of sp³-hybridized carbons (Fsp3) is 0.450. The van der Waals surface area contributed by atoms with Crippen LogP contribution in [0.25, 0.3) is 22.3 Å². The zero-order valence-corrected chi connectivity index (χ0v) is 15.9. The first-order valence-electron chi connectivity index (χ1n) is 9.93. The molecule has 9 heteroatoms. The highest BCUT2D eigenvalue weighted by Crippen LogP contribution is 2.28. The van der Waals surface area contributed by atoms with Gasteiger partial charge in [-0.15, -0.1) is 0 Å². The first-order valence-corrected chi connectivity index (χ1v) is 9.93. The van der Waals surface area contributed by atoms with Gasteiger partial charge in [0.2, 0.25) is 5.95 Å². The number of aromatic nitrogens is 5. The minimum Gasteiger partial charge on any atom is -0.393 e. The molecule has 0 saturated carbocycles. The molecule has 1 atom stereocenters. The Bertz CT molecular complexity index is 1010. The molecule has 0 radical (unpaired) electrons. The van der Waals surface area contributed by atoms with Crippen LogP contribution in [0.1, 0.15) is 19.3 Å². The molecule has 0 aliphatic carbocycles. The van der Waals surface area contributed by atoms with Gasteiger partial charge in [-0.1, -0.05) is 0 Å². The molecule has 8 nitrogen and oxygen atoms in total. The highest BCUT2D eigenvalue weighted by atomic mass is 19.1. The van der Waals surface area contributed by atoms with Crippen molar-refractivity contribution < 1.29 is 9.50 Å². The molecular formula is C20H22FN7O. The fourth-order valence-corrected chi connectivity index (χ4v) is 3.92. The molecule has 3 aromatic heterocycles. The second kappa shape index (κ2) is 7.47. The van der Waals surface area contributed by atoms with Crippen LogP contribution in [-0.4, -0.2) is 68.5 Å². The maximum absolute atomic E-state index is 13.6. The molecule has 29 heavy (non-hydrogen) atoms. The lowest BCUT2D eigenvalue weighted by atomic mass is 10.1. The van der Waals surface area contributed by atoms with Crippen LogP contribution in [0, 0.1) is 0 Å². The van der Waals surface area contributed by atoms with E-state index in [4.69, 9.17) is 4.98 Å². The third-order valence-corrected chi connectivity index (χ3v) is 5.58. The van der Waals surface area contributed by atoms with E-state index in [2.05, 4.69) is 24.8 Å². The monoisotopic (exact) mass is 395 g/mol. The van der Waals surface area contributed by atoms with Crippen LogP contribution >= 0.6 is 0 Å². The number of aliphatic hydroxyl groups is 1. The molecule has 0 bridgehead atoms. The predicted molar refractivity (Wildman–Crippen MR) is 108 cm³/mol. The van der Waals surface area contributed by atoms with Crippen LogP contribution in [-0.2, 0) is 0 Å². The van der Waals surface area contributed by atoms with Gasteiger partial charge >= 0.3 is 0 Å². The average molecular weight is 395 g/mol. The number of rotatable bonds is 3. The van der Waals surface area contributed by atoms with Crippen molar-refractivity contribution in [2.75, 3.05) is 36.0 Å². The van der Waals surface area contributed by atoms with Crippen molar-refractivity contribution in [3.05, 3.63) is 30.9 Å². The third kappa shape index (κ3) is 3.57. The first-order chi connectivity index (χ1) is 14.2. The predicted octanol–water partition coefficient (Wildman–Crippen LogP) is 1.99. The van der Waals surface area contributed by atoms with E-state index >= 15 is 0 Å². The van der Waals surface area contributed by atoms with Gasteiger partial charge in [-0.3, -0.25) is 0 Å². The number of hydrogen-bond donors (Lipinski definition) is 1. The standard InChI is InChI=1S/C20H22FN7O/c21-14-3-6-28(11-14)17-2-1-16-19(26-17)18(25-12-24-16)13-9-22-20(23-10-13)27-7-4-15(29)5-8-27/h1-2,9-10,12,14-15,29H,3-8,11H2. The average Bonchev–Trinajstić information content (AvgIpc) is 3.20. The molecule has 2 aliphatic heterocycles. The second-order valence-corrected chi connectivity index (χ2v) is 7.58. The van der Waals surface area contributed by atoms with E-state index < -0.39 is 6.17 Å². The van der Waals surface area contributed by atoms with Crippen LogP contribution in [0.3, 0.4) is 0 Å². The highest BCUT2D eigenvalue weighted by Gasteiger charge is 2.24. The number of fused-ring (bicyclic) bond motifs is 1. The van der Waals surface area contributed by atoms with Crippen LogP contribution in [0.4, 0.5) is 16.2 Å². The summed E-state index contributed by atoms with van der Waals surface area (Å²) in [4.78, 5) is 26.5. The van der Waals surface area contributed by atoms with Gasteiger partial charge in [-0.2, -0.15) is 0 Å². The lowest BCUT2D eigenvalue weighted by Crippen LogP contribution is -2.36. The minimum atomic E-state index is -0.809. The van der Waals surface area contributed by atoms with E-state index in [9.17, 15) is 9.50 Å². The van der Waals surface area contributed by atoms with E-state index in [0.29, 0.717) is 36.7 Å². The van der Waals surface area contributed by atoms with Gasteiger partial charge in [0.05, 0.1) is 18.2 Å². The Hall–Kier alpha value is -2.94. The van der Waals surface area contributed by atoms with Crippen molar-refractivity contribution in [1.82, 2.24) is 24.9 Å². The van der Waals surface area contributed by atoms with Crippen molar-refractivity contribution in [3.8, 4) is 11.3 Å². The quantitative estimate of drug-likeness (QED) is 0.720. The smallest absolute Gasteiger partial charge is 0.225 e. The van der Waals surface area contributed by atoms with E-state index in [1.807, 2.05) is 17.0 Å². The van der Waals surface area contributed by atoms with Crippen LogP contribution in [0.5, 0.6) is 0 Å². The fourth-order valence-electron chi connectivity index (χ4n) is 3.92. The molecule has 0 amide bonds. The molecule has 1 unspecified atom stereocenters. The lowest BCUT2D eigenvalue weighted by molar-refractivity contribution is 0.145. The van der Waals surface area contributed by atoms with Crippen molar-refractivity contribution in [2.45, 2.75) is 31.5 Å². The van der Waals surface area contributed by atoms with Gasteiger partial charge in [0.15, 0.2) is 0 Å². The van der Waals surface area contributed by atoms with Crippen molar-refractivity contribution in [1.29, 1.82) is 0 Å². The minimum absolute atomic E-state index is 0.235. The number of halogens is 1. The SMILES string of the molecule is OC1CCN(c2ncc(-c3ncnc4ccc(N5CCC(F)C5)nc34)cn2)CC1. The number of anilines is 2. The molecule has 3 aromatic rings. The van der Waals surface area contributed by atoms with Gasteiger partial charge in [-0.25, -0.2) is 29.3 Å². The molecule has 5 rings (SSSR count). The number of aliphatic hydroxyl groups excluding tert-OH is 1. The molecule has 5 heterocycles. The number of hydrogen-bond acceptors (Lipinski definition) is 8. The van der Waals surface area contributed by atoms with Crippen molar-refractivity contribution in [3.63, 3.8) is 0 Å². The largest absolute Gasteiger partial charge is 0.393 e. The second-order valence-electron chi connectivity index (χ2n) is 7.58. The Morgan fingerprint density at radius 3 is 2.41 bits per heavy atom. The summed E-state index contributed by atoms with van der Waals surface area (Å²) in [6.45, 7) is 2.51. The van der Waals surface area contributed by atoms with E-state index in [-0.39, 0.29) is 6.10 Å². The van der Waals surface area contributed by atoms with E-state index in [1.54, 1.807) is 12.4 Å². The van der Waals surface area contributed by atoms with Crippen LogP contribution in [0.15, 0.2) is 30.9 Å². The maximum Gasteiger partial charge on any atom is 0.225 e. The zero-order chi connectivity index (χ0) is 19.8. The summed E-state index contributed by atoms with van der Waals surface area (Å²) in [6, 6.07) is 3.77. The summed E-state index contributed by atoms with van der Waals surface area (Å²) in [7, 11) is 0. The Kier molecular flexibility index (Phi) is 4.67. The molecule has 0 spiro atoms. The Balaban J connectivity index is 1.46. The molecule has 2 saturated heterocycles. The summed E-state index contributed by atoms with van der Waals surface area (Å²) in [5, 5.41) is 9.67. The van der Waals surface area contributed by atoms with Gasteiger partial charge in [0.1, 0.15) is 29.5 Å². The lowest BCUT2D eigenvalue weighted by Gasteiger charge is -2.29. The maximum atomic E-state index is 13.6. The summed E-state index contributed by atoms with van der Waals surface area (Å²) in [5.74, 6) is 1.39. The van der Waals surface area contributed by atoms with E-state index in [1.165, 1.54) is 6.33 Å². The molecule has 0 aromatic carbocycles. The van der Waals surface area contributed by atoms with E-state index in [0.717, 1.165) is 42.8 Å². The number of nitrogens with zero attached hydrogens (tertiary/aromatic N) is 7. The Morgan fingerprint density at radius 2 is 1.69 bits per heavy atom. The molecule has 150 valence electrons. The van der Waals surface area contributed by atoms with Gasteiger partial charge < -0.3 is 14.9 Å². The highest BCUT2D eigenvalue weighted by molar-refractivity contribution is 5.89. The summed E-state index contributed by atoms with van der Waals surface area (Å²) in [5.41, 5.74) is 2.80. The number of pyridine rings is 1. The van der Waals surface area contributed by atoms with Crippen LogP contribution < -0.4 is 9.80 Å². The molecular weight excluding hydrogens is 373 g/mol. The third-order valence-electron chi connectivity index (χ3n) is 5.58. The van der Waals surface area contributed by atoms with Crippen molar-refractivity contribution >= 4 is 22.8 Å². The normalized spacial score (nSPS) is 20.6. The molecule has 2 aliphatic rings. The Labute approximate surface area is 167 Å². The van der Waals surface area contributed by atoms with Crippen molar-refractivity contribution in [2.24, 2.45) is 0 Å². The number of piperidine rings is 1. The topological polar surface area (TPSA) is 91.2 Å². The zero-order valence-electron chi connectivity index (χ0n) is 15.9. The molecule has 1 N–H and O–H groups in total. The first kappa shape index (κ1) is 18.1. The summed E-state index contributed by atoms with van der Waals surface area (Å²) < 4.78 is 13.6. The van der Waals surface area contributed by atoms with Crippen LogP contribution in [0.2, 0.25) is 0 Å². The number of alkyl halides is 1. The van der Waals surface area contributed by atoms with Gasteiger partial charge in [0, 0.05) is 37.6 Å². The summed E-state index contributed by atoms with van der Waals surface area (Å²) in [6.07, 6.45) is 5.94. The Morgan fingerprint density at radius 1 is 0.931 bits per heavy atom. The summed E-state index contributed by atoms with van der Waals surface area (Å²) >= 11 is 0. The molecule has 2 fully saturated rings.